The maximum absolute atomic E-state index is 13.2. The second-order valence-corrected chi connectivity index (χ2v) is 12.6. The Labute approximate surface area is 214 Å². The van der Waals surface area contributed by atoms with Gasteiger partial charge < -0.3 is 15.0 Å². The summed E-state index contributed by atoms with van der Waals surface area (Å²) in [7, 11) is 0. The molecule has 5 nitrogen and oxygen atoms in total. The number of amides is 2. The number of esters is 1. The van der Waals surface area contributed by atoms with E-state index in [9.17, 15) is 9.59 Å². The maximum atomic E-state index is 13.2. The van der Waals surface area contributed by atoms with Crippen LogP contribution in [0.15, 0.2) is 18.2 Å². The fraction of sp³-hybridized carbons (Fsp3) is 0.724. The zero-order chi connectivity index (χ0) is 24.2. The van der Waals surface area contributed by atoms with Crippen LogP contribution in [-0.2, 0) is 14.9 Å². The van der Waals surface area contributed by atoms with Gasteiger partial charge in [0.05, 0.1) is 13.0 Å². The predicted molar refractivity (Wildman–Crippen MR) is 136 cm³/mol. The van der Waals surface area contributed by atoms with Gasteiger partial charge >= 0.3 is 12.0 Å². The molecule has 5 aliphatic carbocycles. The van der Waals surface area contributed by atoms with E-state index in [0.717, 1.165) is 67.6 Å². The fourth-order valence-electron chi connectivity index (χ4n) is 8.94. The summed E-state index contributed by atoms with van der Waals surface area (Å²) >= 11 is 6.41. The molecule has 2 amide bonds. The molecule has 0 radical (unpaired) electrons. The minimum absolute atomic E-state index is 0.00437. The average Bonchev–Trinajstić information content (AvgIpc) is 3.10. The van der Waals surface area contributed by atoms with Crippen LogP contribution in [0, 0.1) is 29.6 Å². The Balaban J connectivity index is 1.08. The number of piperidine rings is 1. The molecule has 1 N–H and O–H groups in total. The third-order valence-corrected chi connectivity index (χ3v) is 10.5. The second-order valence-electron chi connectivity index (χ2n) is 12.2. The maximum Gasteiger partial charge on any atom is 0.317 e. The first-order valence-electron chi connectivity index (χ1n) is 13.9. The van der Waals surface area contributed by atoms with E-state index >= 15 is 0 Å². The minimum atomic E-state index is -0.128. The summed E-state index contributed by atoms with van der Waals surface area (Å²) in [5.41, 5.74) is 2.52. The number of likely N-dealkylation sites (tertiary alicyclic amines) is 1. The van der Waals surface area contributed by atoms with Crippen LogP contribution in [0.25, 0.3) is 0 Å². The lowest BCUT2D eigenvalue weighted by Crippen LogP contribution is -2.52. The Morgan fingerprint density at radius 3 is 2.43 bits per heavy atom. The summed E-state index contributed by atoms with van der Waals surface area (Å²) in [5.74, 6) is 4.35. The smallest absolute Gasteiger partial charge is 0.317 e. The van der Waals surface area contributed by atoms with Gasteiger partial charge in [-0.1, -0.05) is 17.7 Å². The van der Waals surface area contributed by atoms with Crippen LogP contribution in [-0.4, -0.2) is 43.1 Å². The molecule has 1 atom stereocenters. The van der Waals surface area contributed by atoms with Crippen LogP contribution in [0.4, 0.5) is 4.79 Å². The van der Waals surface area contributed by atoms with Crippen molar-refractivity contribution in [3.8, 4) is 0 Å². The number of rotatable bonds is 5. The first-order valence-corrected chi connectivity index (χ1v) is 14.3. The molecule has 0 aromatic heterocycles. The van der Waals surface area contributed by atoms with Gasteiger partial charge in [-0.15, -0.1) is 0 Å². The lowest BCUT2D eigenvalue weighted by molar-refractivity contribution is -0.143. The van der Waals surface area contributed by atoms with Gasteiger partial charge in [-0.25, -0.2) is 4.79 Å². The number of benzene rings is 1. The van der Waals surface area contributed by atoms with Gasteiger partial charge in [0.1, 0.15) is 0 Å². The van der Waals surface area contributed by atoms with E-state index in [2.05, 4.69) is 17.4 Å². The highest BCUT2D eigenvalue weighted by atomic mass is 35.5. The zero-order valence-corrected chi connectivity index (χ0v) is 21.7. The van der Waals surface area contributed by atoms with Gasteiger partial charge in [0.15, 0.2) is 0 Å². The van der Waals surface area contributed by atoms with Gasteiger partial charge in [-0.05, 0) is 122 Å². The van der Waals surface area contributed by atoms with E-state index in [-0.39, 0.29) is 23.3 Å². The van der Waals surface area contributed by atoms with Crippen molar-refractivity contribution in [2.24, 2.45) is 29.6 Å². The van der Waals surface area contributed by atoms with E-state index in [1.54, 1.807) is 0 Å². The Morgan fingerprint density at radius 1 is 1.09 bits per heavy atom. The molecule has 5 fully saturated rings. The first kappa shape index (κ1) is 23.6. The Morgan fingerprint density at radius 2 is 1.77 bits per heavy atom. The number of carbonyl (C=O) groups is 2. The van der Waals surface area contributed by atoms with E-state index in [1.165, 1.54) is 43.2 Å². The quantitative estimate of drug-likeness (QED) is 0.514. The number of hydrogen-bond acceptors (Lipinski definition) is 3. The molecule has 4 saturated carbocycles. The molecule has 1 aromatic carbocycles. The van der Waals surface area contributed by atoms with E-state index in [1.807, 2.05) is 17.9 Å². The molecule has 1 aliphatic heterocycles. The molecule has 35 heavy (non-hydrogen) atoms. The van der Waals surface area contributed by atoms with Crippen molar-refractivity contribution in [1.82, 2.24) is 10.2 Å². The van der Waals surface area contributed by atoms with E-state index in [4.69, 9.17) is 16.3 Å². The Hall–Kier alpha value is -1.75. The van der Waals surface area contributed by atoms with Crippen LogP contribution >= 0.6 is 11.6 Å². The second kappa shape index (κ2) is 9.28. The van der Waals surface area contributed by atoms with Crippen LogP contribution in [0.3, 0.4) is 0 Å². The van der Waals surface area contributed by atoms with Crippen molar-refractivity contribution >= 4 is 23.6 Å². The SMILES string of the molecule is CCOC(=O)CC1CC2(CCN(C(=O)NCC3C4CC5CC(C4)CC3C5)CC2)c2cc(Cl)ccc21. The molecule has 6 heteroatoms. The van der Waals surface area contributed by atoms with Crippen molar-refractivity contribution in [2.75, 3.05) is 26.2 Å². The summed E-state index contributed by atoms with van der Waals surface area (Å²) < 4.78 is 5.25. The standard InChI is InChI=1S/C29H39ClN2O3/c1-2-35-27(33)14-22-16-29(26-15-23(30)3-4-24(22)26)5-7-32(8-6-29)28(34)31-17-25-20-10-18-9-19(12-20)13-21(25)11-18/h3-4,15,18-22,25H,2,5-14,16-17H2,1H3,(H,31,34). The van der Waals surface area contributed by atoms with Gasteiger partial charge in [-0.3, -0.25) is 4.79 Å². The fourth-order valence-corrected chi connectivity index (χ4v) is 9.11. The van der Waals surface area contributed by atoms with Crippen molar-refractivity contribution in [3.63, 3.8) is 0 Å². The van der Waals surface area contributed by atoms with Gasteiger partial charge in [0.2, 0.25) is 0 Å². The molecular weight excluding hydrogens is 460 g/mol. The lowest BCUT2D eigenvalue weighted by atomic mass is 9.52. The molecule has 1 aromatic rings. The Kier molecular flexibility index (Phi) is 6.27. The highest BCUT2D eigenvalue weighted by Crippen LogP contribution is 2.56. The summed E-state index contributed by atoms with van der Waals surface area (Å²) in [6.45, 7) is 4.63. The molecule has 6 aliphatic rings. The van der Waals surface area contributed by atoms with Crippen LogP contribution in [0.5, 0.6) is 0 Å². The van der Waals surface area contributed by atoms with Crippen molar-refractivity contribution in [3.05, 3.63) is 34.3 Å². The molecule has 190 valence electrons. The third-order valence-electron chi connectivity index (χ3n) is 10.3. The van der Waals surface area contributed by atoms with E-state index < -0.39 is 0 Å². The lowest BCUT2D eigenvalue weighted by Gasteiger charge is -2.54. The molecular formula is C29H39ClN2O3. The summed E-state index contributed by atoms with van der Waals surface area (Å²) in [4.78, 5) is 27.4. The number of ether oxygens (including phenoxy) is 1. The summed E-state index contributed by atoms with van der Waals surface area (Å²) in [6, 6.07) is 6.25. The topological polar surface area (TPSA) is 58.6 Å². The third kappa shape index (κ3) is 4.36. The first-order chi connectivity index (χ1) is 16.9. The number of hydrogen-bond donors (Lipinski definition) is 1. The highest BCUT2D eigenvalue weighted by molar-refractivity contribution is 6.30. The largest absolute Gasteiger partial charge is 0.466 e. The molecule has 4 bridgehead atoms. The number of urea groups is 1. The van der Waals surface area contributed by atoms with Gasteiger partial charge in [0, 0.05) is 24.7 Å². The average molecular weight is 499 g/mol. The number of nitrogens with zero attached hydrogens (tertiary/aromatic N) is 1. The predicted octanol–water partition coefficient (Wildman–Crippen LogP) is 5.90. The molecule has 1 unspecified atom stereocenters. The van der Waals surface area contributed by atoms with Crippen LogP contribution in [0.1, 0.15) is 81.8 Å². The van der Waals surface area contributed by atoms with Gasteiger partial charge in [0.25, 0.3) is 0 Å². The van der Waals surface area contributed by atoms with Crippen molar-refractivity contribution < 1.29 is 14.3 Å². The molecule has 7 rings (SSSR count). The van der Waals surface area contributed by atoms with Crippen LogP contribution in [0.2, 0.25) is 5.02 Å². The number of nitrogens with one attached hydrogen (secondary N) is 1. The molecule has 1 heterocycles. The summed E-state index contributed by atoms with van der Waals surface area (Å²) in [5, 5.41) is 4.09. The molecule has 1 spiro atoms. The monoisotopic (exact) mass is 498 g/mol. The number of carbonyl (C=O) groups excluding carboxylic acids is 2. The Bertz CT molecular complexity index is 958. The number of fused-ring (bicyclic) bond motifs is 2. The van der Waals surface area contributed by atoms with E-state index in [0.29, 0.717) is 18.9 Å². The minimum Gasteiger partial charge on any atom is -0.466 e. The van der Waals surface area contributed by atoms with Gasteiger partial charge in [-0.2, -0.15) is 0 Å². The number of halogens is 1. The van der Waals surface area contributed by atoms with Crippen molar-refractivity contribution in [1.29, 1.82) is 0 Å². The van der Waals surface area contributed by atoms with Crippen molar-refractivity contribution in [2.45, 2.75) is 76.0 Å². The zero-order valence-electron chi connectivity index (χ0n) is 20.9. The summed E-state index contributed by atoms with van der Waals surface area (Å²) in [6.07, 6.45) is 10.3. The highest BCUT2D eigenvalue weighted by Gasteiger charge is 2.49. The normalized spacial score (nSPS) is 34.2. The van der Waals surface area contributed by atoms with Crippen LogP contribution < -0.4 is 5.32 Å². The molecule has 1 saturated heterocycles.